The van der Waals surface area contributed by atoms with Gasteiger partial charge < -0.3 is 14.9 Å². The zero-order valence-corrected chi connectivity index (χ0v) is 13.3. The van der Waals surface area contributed by atoms with E-state index in [9.17, 15) is 14.7 Å². The van der Waals surface area contributed by atoms with Crippen molar-refractivity contribution in [2.24, 2.45) is 5.41 Å². The predicted molar refractivity (Wildman–Crippen MR) is 80.7 cm³/mol. The number of fused-ring (bicyclic) bond motifs is 1. The van der Waals surface area contributed by atoms with Gasteiger partial charge in [0.2, 0.25) is 0 Å². The van der Waals surface area contributed by atoms with Gasteiger partial charge in [0.15, 0.2) is 5.69 Å². The highest BCUT2D eigenvalue weighted by atomic mass is 16.5. The van der Waals surface area contributed by atoms with Gasteiger partial charge in [-0.05, 0) is 32.1 Å². The van der Waals surface area contributed by atoms with Crippen LogP contribution in [0.5, 0.6) is 0 Å². The Labute approximate surface area is 130 Å². The normalized spacial score (nSPS) is 15.0. The number of hydrogen-bond donors (Lipinski definition) is 2. The lowest BCUT2D eigenvalue weighted by Crippen LogP contribution is -2.42. The number of hydrogen-bond acceptors (Lipinski definition) is 4. The lowest BCUT2D eigenvalue weighted by Gasteiger charge is -2.26. The van der Waals surface area contributed by atoms with Crippen LogP contribution in [0.15, 0.2) is 4.52 Å². The maximum Gasteiger partial charge on any atom is 0.311 e. The van der Waals surface area contributed by atoms with Crippen molar-refractivity contribution < 1.29 is 19.2 Å². The molecule has 6 heteroatoms. The van der Waals surface area contributed by atoms with Crippen molar-refractivity contribution in [1.29, 1.82) is 0 Å². The standard InChI is InChI=1S/C16H24N2O4/c1-3-16(4-2,15(20)21)10-17-14(19)13-11-8-6-5-7-9-12(11)22-18-13/h3-10H2,1-2H3,(H,17,19)(H,20,21). The Morgan fingerprint density at radius 3 is 2.55 bits per heavy atom. The first-order chi connectivity index (χ1) is 10.5. The van der Waals surface area contributed by atoms with E-state index in [1.165, 1.54) is 0 Å². The van der Waals surface area contributed by atoms with E-state index in [1.807, 2.05) is 13.8 Å². The lowest BCUT2D eigenvalue weighted by molar-refractivity contribution is -0.149. The summed E-state index contributed by atoms with van der Waals surface area (Å²) in [5.74, 6) is -0.408. The molecule has 0 spiro atoms. The number of rotatable bonds is 6. The molecule has 6 nitrogen and oxygen atoms in total. The molecule has 1 heterocycles. The summed E-state index contributed by atoms with van der Waals surface area (Å²) in [7, 11) is 0. The number of carboxylic acid groups (broad SMARTS) is 1. The fourth-order valence-corrected chi connectivity index (χ4v) is 2.95. The van der Waals surface area contributed by atoms with E-state index in [-0.39, 0.29) is 12.5 Å². The van der Waals surface area contributed by atoms with Crippen molar-refractivity contribution in [1.82, 2.24) is 10.5 Å². The molecule has 0 aromatic carbocycles. The Kier molecular flexibility index (Phi) is 5.21. The fraction of sp³-hybridized carbons (Fsp3) is 0.688. The maximum absolute atomic E-state index is 12.4. The molecular weight excluding hydrogens is 284 g/mol. The first-order valence-electron chi connectivity index (χ1n) is 8.03. The van der Waals surface area contributed by atoms with Crippen LogP contribution < -0.4 is 5.32 Å². The van der Waals surface area contributed by atoms with Gasteiger partial charge in [-0.15, -0.1) is 0 Å². The molecule has 2 rings (SSSR count). The van der Waals surface area contributed by atoms with Crippen LogP contribution in [0.25, 0.3) is 0 Å². The molecule has 1 aromatic heterocycles. The number of carboxylic acids is 1. The minimum Gasteiger partial charge on any atom is -0.481 e. The number of aromatic nitrogens is 1. The zero-order valence-electron chi connectivity index (χ0n) is 13.3. The molecule has 2 N–H and O–H groups in total. The SMILES string of the molecule is CCC(CC)(CNC(=O)c1noc2c1CCCCC2)C(=O)O. The van der Waals surface area contributed by atoms with Gasteiger partial charge in [0.1, 0.15) is 5.76 Å². The first kappa shape index (κ1) is 16.5. The minimum atomic E-state index is -0.920. The lowest BCUT2D eigenvalue weighted by atomic mass is 9.82. The second-order valence-electron chi connectivity index (χ2n) is 5.97. The largest absolute Gasteiger partial charge is 0.481 e. The molecular formula is C16H24N2O4. The maximum atomic E-state index is 12.4. The second-order valence-corrected chi connectivity index (χ2v) is 5.97. The summed E-state index contributed by atoms with van der Waals surface area (Å²) < 4.78 is 5.29. The van der Waals surface area contributed by atoms with Gasteiger partial charge in [-0.25, -0.2) is 0 Å². The molecule has 1 amide bonds. The van der Waals surface area contributed by atoms with Crippen LogP contribution in [0.3, 0.4) is 0 Å². The van der Waals surface area contributed by atoms with Crippen LogP contribution >= 0.6 is 0 Å². The minimum absolute atomic E-state index is 0.107. The molecule has 0 aliphatic heterocycles. The van der Waals surface area contributed by atoms with Crippen molar-refractivity contribution in [3.63, 3.8) is 0 Å². The van der Waals surface area contributed by atoms with Crippen molar-refractivity contribution in [3.05, 3.63) is 17.0 Å². The van der Waals surface area contributed by atoms with Crippen molar-refractivity contribution >= 4 is 11.9 Å². The van der Waals surface area contributed by atoms with Crippen molar-refractivity contribution in [2.45, 2.75) is 58.8 Å². The van der Waals surface area contributed by atoms with Gasteiger partial charge in [0, 0.05) is 18.5 Å². The molecule has 0 radical (unpaired) electrons. The molecule has 1 aliphatic carbocycles. The van der Waals surface area contributed by atoms with E-state index < -0.39 is 11.4 Å². The van der Waals surface area contributed by atoms with Crippen LogP contribution in [-0.4, -0.2) is 28.7 Å². The second kappa shape index (κ2) is 6.94. The summed E-state index contributed by atoms with van der Waals surface area (Å²) in [6, 6.07) is 0. The smallest absolute Gasteiger partial charge is 0.311 e. The Morgan fingerprint density at radius 2 is 1.91 bits per heavy atom. The van der Waals surface area contributed by atoms with Gasteiger partial charge in [-0.2, -0.15) is 0 Å². The Balaban J connectivity index is 2.10. The number of amides is 1. The van der Waals surface area contributed by atoms with Crippen LogP contribution in [0, 0.1) is 5.41 Å². The van der Waals surface area contributed by atoms with Gasteiger partial charge in [-0.1, -0.05) is 25.4 Å². The predicted octanol–water partition coefficient (Wildman–Crippen LogP) is 2.56. The van der Waals surface area contributed by atoms with Crippen molar-refractivity contribution in [2.75, 3.05) is 6.54 Å². The molecule has 0 fully saturated rings. The average molecular weight is 308 g/mol. The van der Waals surface area contributed by atoms with E-state index in [1.54, 1.807) is 0 Å². The van der Waals surface area contributed by atoms with Crippen LogP contribution in [0.2, 0.25) is 0 Å². The molecule has 0 atom stereocenters. The third-order valence-electron chi connectivity index (χ3n) is 4.81. The third kappa shape index (κ3) is 3.15. The molecule has 1 aliphatic rings. The van der Waals surface area contributed by atoms with E-state index in [0.717, 1.165) is 43.4 Å². The monoisotopic (exact) mass is 308 g/mol. The number of nitrogens with one attached hydrogen (secondary N) is 1. The van der Waals surface area contributed by atoms with Crippen molar-refractivity contribution in [3.8, 4) is 0 Å². The Morgan fingerprint density at radius 1 is 1.23 bits per heavy atom. The summed E-state index contributed by atoms with van der Waals surface area (Å²) in [6.45, 7) is 3.76. The summed E-state index contributed by atoms with van der Waals surface area (Å²) >= 11 is 0. The van der Waals surface area contributed by atoms with Gasteiger partial charge in [0.05, 0.1) is 5.41 Å². The number of nitrogens with zero attached hydrogens (tertiary/aromatic N) is 1. The molecule has 0 saturated heterocycles. The zero-order chi connectivity index (χ0) is 16.2. The summed E-state index contributed by atoms with van der Waals surface area (Å²) in [5, 5.41) is 16.1. The van der Waals surface area contributed by atoms with Gasteiger partial charge in [-0.3, -0.25) is 9.59 Å². The van der Waals surface area contributed by atoms with Crippen LogP contribution in [0.4, 0.5) is 0 Å². The highest BCUT2D eigenvalue weighted by Crippen LogP contribution is 2.27. The molecule has 0 bridgehead atoms. The molecule has 0 unspecified atom stereocenters. The Hall–Kier alpha value is -1.85. The molecule has 0 saturated carbocycles. The fourth-order valence-electron chi connectivity index (χ4n) is 2.95. The number of aryl methyl sites for hydroxylation is 1. The first-order valence-corrected chi connectivity index (χ1v) is 8.03. The third-order valence-corrected chi connectivity index (χ3v) is 4.81. The summed E-state index contributed by atoms with van der Waals surface area (Å²) in [6.07, 6.45) is 5.76. The van der Waals surface area contributed by atoms with Gasteiger partial charge in [0.25, 0.3) is 5.91 Å². The van der Waals surface area contributed by atoms with Crippen LogP contribution in [-0.2, 0) is 17.6 Å². The van der Waals surface area contributed by atoms with Crippen LogP contribution in [0.1, 0.15) is 67.8 Å². The highest BCUT2D eigenvalue weighted by Gasteiger charge is 2.35. The quantitative estimate of drug-likeness (QED) is 0.788. The number of aliphatic carboxylic acids is 1. The average Bonchev–Trinajstić information content (AvgIpc) is 2.77. The molecule has 122 valence electrons. The molecule has 1 aromatic rings. The summed E-state index contributed by atoms with van der Waals surface area (Å²) in [5.41, 5.74) is 0.295. The topological polar surface area (TPSA) is 92.4 Å². The van der Waals surface area contributed by atoms with E-state index in [0.29, 0.717) is 18.5 Å². The van der Waals surface area contributed by atoms with Gasteiger partial charge >= 0.3 is 5.97 Å². The highest BCUT2D eigenvalue weighted by molar-refractivity contribution is 5.94. The number of carbonyl (C=O) groups is 2. The summed E-state index contributed by atoms with van der Waals surface area (Å²) in [4.78, 5) is 23.8. The van der Waals surface area contributed by atoms with E-state index >= 15 is 0 Å². The van der Waals surface area contributed by atoms with E-state index in [4.69, 9.17) is 4.52 Å². The van der Waals surface area contributed by atoms with E-state index in [2.05, 4.69) is 10.5 Å². The molecule has 22 heavy (non-hydrogen) atoms. The Bertz CT molecular complexity index is 546. The number of carbonyl (C=O) groups excluding carboxylic acids is 1.